The zero-order valence-electron chi connectivity index (χ0n) is 6.51. The second-order valence-electron chi connectivity index (χ2n) is 2.21. The van der Waals surface area contributed by atoms with Crippen LogP contribution in [0, 0.1) is 6.92 Å². The summed E-state index contributed by atoms with van der Waals surface area (Å²) >= 11 is 1.39. The van der Waals surface area contributed by atoms with Crippen LogP contribution in [0.25, 0.3) is 10.4 Å². The van der Waals surface area contributed by atoms with Gasteiger partial charge in [-0.05, 0) is 12.5 Å². The van der Waals surface area contributed by atoms with E-state index in [0.29, 0.717) is 0 Å². The van der Waals surface area contributed by atoms with Gasteiger partial charge in [-0.2, -0.15) is 0 Å². The summed E-state index contributed by atoms with van der Waals surface area (Å²) in [6.07, 6.45) is 0. The summed E-state index contributed by atoms with van der Waals surface area (Å²) in [7, 11) is 0. The second-order valence-corrected chi connectivity index (χ2v) is 3.09. The summed E-state index contributed by atoms with van der Waals surface area (Å²) < 4.78 is 0. The molecule has 1 atom stereocenters. The maximum absolute atomic E-state index is 8.87. The highest BCUT2D eigenvalue weighted by Crippen LogP contribution is 2.24. The maximum atomic E-state index is 8.87. The molecule has 0 saturated heterocycles. The lowest BCUT2D eigenvalue weighted by Crippen LogP contribution is -1.99. The largest absolute Gasteiger partial charge is 0.396 e. The van der Waals surface area contributed by atoms with Crippen LogP contribution in [-0.2, 0) is 0 Å². The van der Waals surface area contributed by atoms with Crippen molar-refractivity contribution in [3.8, 4) is 0 Å². The Hall–Kier alpha value is -1.10. The number of hydrogen-bond donors (Lipinski definition) is 1. The number of azide groups is 1. The van der Waals surface area contributed by atoms with Crippen molar-refractivity contribution in [2.75, 3.05) is 6.61 Å². The summed E-state index contributed by atoms with van der Waals surface area (Å²) in [5, 5.41) is 12.3. The fourth-order valence-electron chi connectivity index (χ4n) is 0.865. The molecule has 12 heavy (non-hydrogen) atoms. The molecule has 0 aliphatic carbocycles. The number of hydrogen-bond acceptors (Lipinski definition) is 4. The second kappa shape index (κ2) is 4.06. The minimum atomic E-state index is -0.484. The number of nitrogens with zero attached hydrogens (tertiary/aromatic N) is 4. The van der Waals surface area contributed by atoms with Gasteiger partial charge in [0.2, 0.25) is 0 Å². The predicted molar refractivity (Wildman–Crippen MR) is 45.8 cm³/mol. The first kappa shape index (κ1) is 8.99. The van der Waals surface area contributed by atoms with E-state index in [4.69, 9.17) is 10.6 Å². The number of aryl methyl sites for hydroxylation is 1. The number of aliphatic hydroxyl groups excluding tert-OH is 1. The van der Waals surface area contributed by atoms with Crippen LogP contribution in [-0.4, -0.2) is 16.7 Å². The molecule has 0 saturated carbocycles. The lowest BCUT2D eigenvalue weighted by Gasteiger charge is -2.03. The average molecular weight is 184 g/mol. The molecule has 0 aliphatic rings. The van der Waals surface area contributed by atoms with Gasteiger partial charge >= 0.3 is 0 Å². The van der Waals surface area contributed by atoms with Crippen molar-refractivity contribution in [2.24, 2.45) is 5.11 Å². The van der Waals surface area contributed by atoms with Gasteiger partial charge in [-0.15, -0.1) is 11.3 Å². The number of rotatable bonds is 3. The van der Waals surface area contributed by atoms with Crippen LogP contribution in [0.3, 0.4) is 0 Å². The van der Waals surface area contributed by atoms with Gasteiger partial charge in [0, 0.05) is 9.79 Å². The first-order valence-electron chi connectivity index (χ1n) is 3.34. The van der Waals surface area contributed by atoms with E-state index >= 15 is 0 Å². The van der Waals surface area contributed by atoms with Crippen molar-refractivity contribution in [1.29, 1.82) is 0 Å². The number of thiazole rings is 1. The highest BCUT2D eigenvalue weighted by molar-refractivity contribution is 7.09. The van der Waals surface area contributed by atoms with Crippen molar-refractivity contribution in [3.63, 3.8) is 0 Å². The van der Waals surface area contributed by atoms with Gasteiger partial charge in [0.25, 0.3) is 0 Å². The maximum Gasteiger partial charge on any atom is 0.0968 e. The predicted octanol–water partition coefficient (Wildman–Crippen LogP) is 1.80. The first-order valence-corrected chi connectivity index (χ1v) is 4.22. The molecular weight excluding hydrogens is 176 g/mol. The molecule has 0 bridgehead atoms. The van der Waals surface area contributed by atoms with Crippen LogP contribution in [0.15, 0.2) is 10.6 Å². The topological polar surface area (TPSA) is 81.9 Å². The van der Waals surface area contributed by atoms with Gasteiger partial charge < -0.3 is 5.11 Å². The van der Waals surface area contributed by atoms with Crippen LogP contribution in [0.2, 0.25) is 0 Å². The molecule has 5 nitrogen and oxygen atoms in total. The Morgan fingerprint density at radius 3 is 3.08 bits per heavy atom. The van der Waals surface area contributed by atoms with E-state index in [9.17, 15) is 0 Å². The third-order valence-electron chi connectivity index (χ3n) is 1.45. The fraction of sp³-hybridized carbons (Fsp3) is 0.500. The Morgan fingerprint density at radius 2 is 2.67 bits per heavy atom. The summed E-state index contributed by atoms with van der Waals surface area (Å²) in [4.78, 5) is 7.47. The molecule has 0 spiro atoms. The van der Waals surface area contributed by atoms with Gasteiger partial charge in [-0.3, -0.25) is 0 Å². The molecule has 1 aromatic rings. The Bertz CT molecular complexity index is 304. The van der Waals surface area contributed by atoms with Crippen molar-refractivity contribution < 1.29 is 5.11 Å². The smallest absolute Gasteiger partial charge is 0.0968 e. The van der Waals surface area contributed by atoms with Crippen LogP contribution in [0.1, 0.15) is 16.6 Å². The normalized spacial score (nSPS) is 12.2. The van der Waals surface area contributed by atoms with E-state index < -0.39 is 6.04 Å². The Balaban J connectivity index is 2.93. The molecule has 1 N–H and O–H groups in total. The highest BCUT2D eigenvalue weighted by Gasteiger charge is 2.12. The van der Waals surface area contributed by atoms with Crippen molar-refractivity contribution >= 4 is 11.3 Å². The molecule has 1 heterocycles. The molecule has 64 valence electrons. The monoisotopic (exact) mass is 184 g/mol. The first-order chi connectivity index (χ1) is 5.79. The van der Waals surface area contributed by atoms with Crippen molar-refractivity contribution in [2.45, 2.75) is 13.0 Å². The molecule has 1 aromatic heterocycles. The van der Waals surface area contributed by atoms with Crippen LogP contribution in [0.4, 0.5) is 0 Å². The van der Waals surface area contributed by atoms with E-state index in [-0.39, 0.29) is 6.61 Å². The van der Waals surface area contributed by atoms with Gasteiger partial charge in [-0.25, -0.2) is 4.98 Å². The van der Waals surface area contributed by atoms with Crippen LogP contribution < -0.4 is 0 Å². The minimum absolute atomic E-state index is 0.174. The van der Waals surface area contributed by atoms with Gasteiger partial charge in [0.1, 0.15) is 0 Å². The van der Waals surface area contributed by atoms with E-state index in [0.717, 1.165) is 10.6 Å². The lowest BCUT2D eigenvalue weighted by molar-refractivity contribution is 0.269. The summed E-state index contributed by atoms with van der Waals surface area (Å²) in [6, 6.07) is -0.484. The lowest BCUT2D eigenvalue weighted by atomic mass is 10.2. The molecule has 0 fully saturated rings. The van der Waals surface area contributed by atoms with Crippen LogP contribution >= 0.6 is 11.3 Å². The third-order valence-corrected chi connectivity index (χ3v) is 2.48. The van der Waals surface area contributed by atoms with E-state index in [1.54, 1.807) is 5.51 Å². The van der Waals surface area contributed by atoms with Crippen molar-refractivity contribution in [1.82, 2.24) is 4.98 Å². The summed E-state index contributed by atoms with van der Waals surface area (Å²) in [6.45, 7) is 1.65. The Labute approximate surface area is 73.3 Å². The third kappa shape index (κ3) is 1.73. The van der Waals surface area contributed by atoms with E-state index in [1.807, 2.05) is 6.92 Å². The zero-order chi connectivity index (χ0) is 8.97. The number of aliphatic hydroxyl groups is 1. The standard InChI is InChI=1S/C6H8N4OS/c1-4-6(12-3-8-4)5(2-11)9-10-7/h3,5,11H,2H2,1H3. The van der Waals surface area contributed by atoms with Crippen molar-refractivity contribution in [3.05, 3.63) is 26.5 Å². The molecule has 6 heteroatoms. The average Bonchev–Trinajstić information content (AvgIpc) is 2.47. The molecule has 0 radical (unpaired) electrons. The molecular formula is C6H8N4OS. The minimum Gasteiger partial charge on any atom is -0.396 e. The zero-order valence-corrected chi connectivity index (χ0v) is 7.32. The Morgan fingerprint density at radius 1 is 1.92 bits per heavy atom. The molecule has 0 amide bonds. The SMILES string of the molecule is Cc1ncsc1C(CO)N=[N+]=[N-]. The Kier molecular flexibility index (Phi) is 3.04. The molecule has 1 rings (SSSR count). The summed E-state index contributed by atoms with van der Waals surface area (Å²) in [5.41, 5.74) is 10.7. The molecule has 0 aliphatic heterocycles. The van der Waals surface area contributed by atoms with Gasteiger partial charge in [0.05, 0.1) is 23.9 Å². The van der Waals surface area contributed by atoms with Gasteiger partial charge in [-0.1, -0.05) is 5.11 Å². The molecule has 1 unspecified atom stereocenters. The van der Waals surface area contributed by atoms with Crippen LogP contribution in [0.5, 0.6) is 0 Å². The van der Waals surface area contributed by atoms with E-state index in [2.05, 4.69) is 15.0 Å². The number of aromatic nitrogens is 1. The quantitative estimate of drug-likeness (QED) is 0.441. The van der Waals surface area contributed by atoms with E-state index in [1.165, 1.54) is 11.3 Å². The highest BCUT2D eigenvalue weighted by atomic mass is 32.1. The van der Waals surface area contributed by atoms with Gasteiger partial charge in [0.15, 0.2) is 0 Å². The summed E-state index contributed by atoms with van der Waals surface area (Å²) in [5.74, 6) is 0. The fourth-order valence-corrected chi connectivity index (χ4v) is 1.69. The molecule has 0 aromatic carbocycles.